The highest BCUT2D eigenvalue weighted by atomic mass is 32.3. The second kappa shape index (κ2) is 8.53. The Morgan fingerprint density at radius 1 is 1.15 bits per heavy atom. The van der Waals surface area contributed by atoms with Gasteiger partial charge in [0.1, 0.15) is 5.75 Å². The van der Waals surface area contributed by atoms with Crippen molar-refractivity contribution < 1.29 is 13.8 Å². The fourth-order valence-corrected chi connectivity index (χ4v) is 4.75. The molecule has 5 rings (SSSR count). The lowest BCUT2D eigenvalue weighted by atomic mass is 10.0. The molecule has 1 aromatic carbocycles. The van der Waals surface area contributed by atoms with E-state index in [1.54, 1.807) is 49.2 Å². The molecular weight excluding hydrogens is 454 g/mol. The fourth-order valence-electron chi connectivity index (χ4n) is 3.83. The molecule has 0 atom stereocenters. The van der Waals surface area contributed by atoms with E-state index in [-0.39, 0.29) is 11.3 Å². The molecule has 2 N–H and O–H groups in total. The van der Waals surface area contributed by atoms with Gasteiger partial charge in [-0.1, -0.05) is 0 Å². The van der Waals surface area contributed by atoms with Crippen LogP contribution in [0, 0.1) is 5.92 Å². The molecule has 0 radical (unpaired) electrons. The summed E-state index contributed by atoms with van der Waals surface area (Å²) >= 11 is 0. The Morgan fingerprint density at radius 3 is 2.62 bits per heavy atom. The van der Waals surface area contributed by atoms with Gasteiger partial charge in [0.2, 0.25) is 0 Å². The SMILES string of the molecule is CCS(O)(O)c1ccc(OCC2CC2)c(-c2cn(C)c(=O)c3cnc(-c4cnn(C)c4)nc23)c1. The number of aromatic nitrogens is 5. The molecule has 178 valence electrons. The van der Waals surface area contributed by atoms with Crippen molar-refractivity contribution in [3.05, 3.63) is 53.3 Å². The highest BCUT2D eigenvalue weighted by molar-refractivity contribution is 8.24. The number of pyridine rings is 1. The molecule has 10 heteroatoms. The van der Waals surface area contributed by atoms with E-state index in [2.05, 4.69) is 10.1 Å². The Kier molecular flexibility index (Phi) is 5.67. The van der Waals surface area contributed by atoms with E-state index in [0.717, 1.165) is 18.4 Å². The second-order valence-corrected chi connectivity index (χ2v) is 11.1. The van der Waals surface area contributed by atoms with E-state index in [1.165, 1.54) is 10.8 Å². The standard InChI is InChI=1S/C24H27N5O4S/c1-4-34(31,32)17-7-8-21(33-14-15-5-6-15)18(9-17)20-13-28(2)24(30)19-11-25-23(27-22(19)20)16-10-26-29(3)12-16/h7-13,15,31-32H,4-6,14H2,1-3H3. The molecule has 1 saturated carbocycles. The maximum Gasteiger partial charge on any atom is 0.261 e. The Morgan fingerprint density at radius 2 is 1.94 bits per heavy atom. The topological polar surface area (TPSA) is 115 Å². The van der Waals surface area contributed by atoms with Gasteiger partial charge in [-0.15, -0.1) is 0 Å². The largest absolute Gasteiger partial charge is 0.493 e. The molecule has 9 nitrogen and oxygen atoms in total. The van der Waals surface area contributed by atoms with Gasteiger partial charge in [-0.2, -0.15) is 15.7 Å². The van der Waals surface area contributed by atoms with Gasteiger partial charge in [0, 0.05) is 49.6 Å². The number of aryl methyl sites for hydroxylation is 2. The molecule has 1 aliphatic rings. The van der Waals surface area contributed by atoms with Gasteiger partial charge in [-0.25, -0.2) is 9.97 Å². The van der Waals surface area contributed by atoms with Crippen molar-refractivity contribution in [3.8, 4) is 28.3 Å². The van der Waals surface area contributed by atoms with Gasteiger partial charge in [0.15, 0.2) is 5.82 Å². The normalized spacial score (nSPS) is 14.5. The second-order valence-electron chi connectivity index (χ2n) is 8.69. The van der Waals surface area contributed by atoms with Crippen LogP contribution in [-0.4, -0.2) is 45.8 Å². The maximum absolute atomic E-state index is 12.9. The molecule has 0 bridgehead atoms. The summed E-state index contributed by atoms with van der Waals surface area (Å²) in [5.41, 5.74) is 2.30. The van der Waals surface area contributed by atoms with Crippen LogP contribution in [0.25, 0.3) is 33.4 Å². The highest BCUT2D eigenvalue weighted by Crippen LogP contribution is 2.50. The first kappa shape index (κ1) is 22.6. The van der Waals surface area contributed by atoms with Crippen molar-refractivity contribution in [1.82, 2.24) is 24.3 Å². The Bertz CT molecular complexity index is 1440. The minimum atomic E-state index is -2.95. The van der Waals surface area contributed by atoms with Crippen molar-refractivity contribution in [2.45, 2.75) is 24.7 Å². The zero-order chi connectivity index (χ0) is 24.0. The summed E-state index contributed by atoms with van der Waals surface area (Å²) in [6, 6.07) is 5.22. The van der Waals surface area contributed by atoms with E-state index in [0.29, 0.717) is 51.0 Å². The summed E-state index contributed by atoms with van der Waals surface area (Å²) in [5, 5.41) is 4.56. The minimum Gasteiger partial charge on any atom is -0.493 e. The van der Waals surface area contributed by atoms with Gasteiger partial charge in [0.25, 0.3) is 5.56 Å². The number of hydrogen-bond acceptors (Lipinski definition) is 7. The molecule has 34 heavy (non-hydrogen) atoms. The first-order valence-corrected chi connectivity index (χ1v) is 12.9. The van der Waals surface area contributed by atoms with Gasteiger partial charge < -0.3 is 9.30 Å². The number of hydrogen-bond donors (Lipinski definition) is 2. The van der Waals surface area contributed by atoms with Crippen LogP contribution < -0.4 is 10.3 Å². The summed E-state index contributed by atoms with van der Waals surface area (Å²) in [5.74, 6) is 1.81. The van der Waals surface area contributed by atoms with Gasteiger partial charge in [-0.05, 0) is 43.9 Å². The summed E-state index contributed by atoms with van der Waals surface area (Å²) in [6.07, 6.45) is 9.02. The van der Waals surface area contributed by atoms with Crippen LogP contribution in [0.2, 0.25) is 0 Å². The van der Waals surface area contributed by atoms with E-state index in [4.69, 9.17) is 9.72 Å². The van der Waals surface area contributed by atoms with E-state index >= 15 is 0 Å². The first-order chi connectivity index (χ1) is 16.3. The summed E-state index contributed by atoms with van der Waals surface area (Å²) < 4.78 is 30.5. The van der Waals surface area contributed by atoms with Crippen molar-refractivity contribution in [3.63, 3.8) is 0 Å². The summed E-state index contributed by atoms with van der Waals surface area (Å²) in [4.78, 5) is 22.5. The Hall–Kier alpha value is -3.21. The van der Waals surface area contributed by atoms with Crippen LogP contribution in [0.5, 0.6) is 5.75 Å². The molecule has 3 aromatic heterocycles. The zero-order valence-corrected chi connectivity index (χ0v) is 20.1. The number of fused-ring (bicyclic) bond motifs is 1. The van der Waals surface area contributed by atoms with Gasteiger partial charge in [0.05, 0.1) is 34.2 Å². The van der Waals surface area contributed by atoms with Crippen molar-refractivity contribution >= 4 is 21.5 Å². The first-order valence-electron chi connectivity index (χ1n) is 11.2. The average molecular weight is 482 g/mol. The lowest BCUT2D eigenvalue weighted by Crippen LogP contribution is -2.18. The molecule has 0 aliphatic heterocycles. The van der Waals surface area contributed by atoms with Crippen LogP contribution >= 0.6 is 10.6 Å². The van der Waals surface area contributed by atoms with Crippen molar-refractivity contribution in [2.75, 3.05) is 12.4 Å². The number of rotatable bonds is 7. The third-order valence-corrected chi connectivity index (χ3v) is 7.89. The van der Waals surface area contributed by atoms with Gasteiger partial charge >= 0.3 is 0 Å². The molecule has 4 aromatic rings. The third-order valence-electron chi connectivity index (χ3n) is 6.07. The van der Waals surface area contributed by atoms with Crippen molar-refractivity contribution in [1.29, 1.82) is 0 Å². The number of ether oxygens (including phenoxy) is 1. The molecule has 1 aliphatic carbocycles. The quantitative estimate of drug-likeness (QED) is 0.404. The molecule has 0 amide bonds. The molecule has 0 saturated heterocycles. The zero-order valence-electron chi connectivity index (χ0n) is 19.3. The van der Waals surface area contributed by atoms with Crippen LogP contribution in [0.3, 0.4) is 0 Å². The van der Waals surface area contributed by atoms with E-state index < -0.39 is 10.6 Å². The van der Waals surface area contributed by atoms with Crippen LogP contribution in [0.4, 0.5) is 0 Å². The lowest BCUT2D eigenvalue weighted by Gasteiger charge is -2.31. The molecule has 0 unspecified atom stereocenters. The third kappa shape index (κ3) is 4.20. The van der Waals surface area contributed by atoms with E-state index in [1.807, 2.05) is 13.2 Å². The molecule has 3 heterocycles. The van der Waals surface area contributed by atoms with Crippen molar-refractivity contribution in [2.24, 2.45) is 20.0 Å². The monoisotopic (exact) mass is 481 g/mol. The molecule has 1 fully saturated rings. The van der Waals surface area contributed by atoms with Crippen LogP contribution in [-0.2, 0) is 14.1 Å². The summed E-state index contributed by atoms with van der Waals surface area (Å²) in [6.45, 7) is 2.33. The highest BCUT2D eigenvalue weighted by Gasteiger charge is 2.24. The number of benzene rings is 1. The Balaban J connectivity index is 1.75. The lowest BCUT2D eigenvalue weighted by molar-refractivity contribution is 0.301. The number of nitrogens with zero attached hydrogens (tertiary/aromatic N) is 5. The molecular formula is C24H27N5O4S. The average Bonchev–Trinajstić information content (AvgIpc) is 3.57. The summed E-state index contributed by atoms with van der Waals surface area (Å²) in [7, 11) is 0.535. The fraction of sp³-hybridized carbons (Fsp3) is 0.333. The van der Waals surface area contributed by atoms with E-state index in [9.17, 15) is 13.9 Å². The van der Waals surface area contributed by atoms with Crippen LogP contribution in [0.1, 0.15) is 19.8 Å². The maximum atomic E-state index is 12.9. The smallest absolute Gasteiger partial charge is 0.261 e. The molecule has 0 spiro atoms. The Labute approximate surface area is 198 Å². The predicted molar refractivity (Wildman–Crippen MR) is 132 cm³/mol. The minimum absolute atomic E-state index is 0.204. The van der Waals surface area contributed by atoms with Crippen LogP contribution in [0.15, 0.2) is 52.7 Å². The predicted octanol–water partition coefficient (Wildman–Crippen LogP) is 4.31. The van der Waals surface area contributed by atoms with Gasteiger partial charge in [-0.3, -0.25) is 18.6 Å².